The fourth-order valence-electron chi connectivity index (χ4n) is 3.67. The summed E-state index contributed by atoms with van der Waals surface area (Å²) in [7, 11) is 0. The van der Waals surface area contributed by atoms with E-state index in [1.54, 1.807) is 6.92 Å². The number of nitrogens with zero attached hydrogens (tertiary/aromatic N) is 1. The first-order valence-corrected chi connectivity index (χ1v) is 10.1. The van der Waals surface area contributed by atoms with Crippen molar-refractivity contribution in [2.45, 2.75) is 26.9 Å². The van der Waals surface area contributed by atoms with Crippen LogP contribution in [-0.4, -0.2) is 47.9 Å². The molecular formula is C23H28N2O4. The SMILES string of the molecule is CCN(CC)CCNC(=O)c1cc(O)cc2c1OC(c1ccccc1)C(C)C2=O. The van der Waals surface area contributed by atoms with Crippen LogP contribution in [0, 0.1) is 5.92 Å². The topological polar surface area (TPSA) is 78.9 Å². The lowest BCUT2D eigenvalue weighted by molar-refractivity contribution is 0.0682. The van der Waals surface area contributed by atoms with Crippen molar-refractivity contribution in [3.8, 4) is 11.5 Å². The van der Waals surface area contributed by atoms with Gasteiger partial charge in [-0.3, -0.25) is 9.59 Å². The standard InChI is InChI=1S/C23H28N2O4/c1-4-25(5-2)12-11-24-23(28)19-14-17(26)13-18-20(27)15(3)21(29-22(18)19)16-9-7-6-8-10-16/h6-10,13-15,21,26H,4-5,11-12H2,1-3H3,(H,24,28). The monoisotopic (exact) mass is 396 g/mol. The number of hydrogen-bond acceptors (Lipinski definition) is 5. The van der Waals surface area contributed by atoms with Gasteiger partial charge >= 0.3 is 0 Å². The summed E-state index contributed by atoms with van der Waals surface area (Å²) in [6, 6.07) is 12.2. The van der Waals surface area contributed by atoms with E-state index >= 15 is 0 Å². The van der Waals surface area contributed by atoms with Crippen molar-refractivity contribution in [2.75, 3.05) is 26.2 Å². The van der Waals surface area contributed by atoms with Crippen LogP contribution >= 0.6 is 0 Å². The molecule has 1 aliphatic rings. The minimum Gasteiger partial charge on any atom is -0.508 e. The zero-order valence-corrected chi connectivity index (χ0v) is 17.1. The number of carbonyl (C=O) groups is 2. The highest BCUT2D eigenvalue weighted by Gasteiger charge is 2.37. The summed E-state index contributed by atoms with van der Waals surface area (Å²) in [4.78, 5) is 28.0. The van der Waals surface area contributed by atoms with Gasteiger partial charge in [-0.1, -0.05) is 51.1 Å². The number of carbonyl (C=O) groups excluding carboxylic acids is 2. The number of Topliss-reactive ketones (excluding diaryl/α,β-unsaturated/α-hetero) is 1. The van der Waals surface area contributed by atoms with Gasteiger partial charge in [-0.2, -0.15) is 0 Å². The molecule has 2 unspecified atom stereocenters. The number of phenolic OH excluding ortho intramolecular Hbond substituents is 1. The molecule has 1 amide bonds. The van der Waals surface area contributed by atoms with Gasteiger partial charge in [0.25, 0.3) is 5.91 Å². The predicted octanol–water partition coefficient (Wildman–Crippen LogP) is 3.42. The van der Waals surface area contributed by atoms with E-state index in [9.17, 15) is 14.7 Å². The van der Waals surface area contributed by atoms with Crippen molar-refractivity contribution in [3.05, 3.63) is 59.2 Å². The Kier molecular flexibility index (Phi) is 6.54. The Hall–Kier alpha value is -2.86. The van der Waals surface area contributed by atoms with Gasteiger partial charge in [0.1, 0.15) is 17.6 Å². The molecule has 2 aromatic rings. The molecular weight excluding hydrogens is 368 g/mol. The predicted molar refractivity (Wildman–Crippen MR) is 112 cm³/mol. The highest BCUT2D eigenvalue weighted by molar-refractivity contribution is 6.07. The summed E-state index contributed by atoms with van der Waals surface area (Å²) in [5.41, 5.74) is 1.30. The van der Waals surface area contributed by atoms with Crippen molar-refractivity contribution in [1.29, 1.82) is 0 Å². The fraction of sp³-hybridized carbons (Fsp3) is 0.391. The molecule has 2 atom stereocenters. The number of ether oxygens (including phenoxy) is 1. The van der Waals surface area contributed by atoms with Crippen LogP contribution < -0.4 is 10.1 Å². The molecule has 6 heteroatoms. The third-order valence-electron chi connectivity index (χ3n) is 5.43. The second kappa shape index (κ2) is 9.09. The molecule has 0 radical (unpaired) electrons. The lowest BCUT2D eigenvalue weighted by atomic mass is 9.86. The third kappa shape index (κ3) is 4.43. The Morgan fingerprint density at radius 1 is 1.17 bits per heavy atom. The first-order valence-electron chi connectivity index (χ1n) is 10.1. The Balaban J connectivity index is 1.88. The second-order valence-corrected chi connectivity index (χ2v) is 7.25. The zero-order chi connectivity index (χ0) is 21.0. The van der Waals surface area contributed by atoms with E-state index < -0.39 is 12.0 Å². The molecule has 0 saturated carbocycles. The summed E-state index contributed by atoms with van der Waals surface area (Å²) in [5.74, 6) is -0.822. The maximum absolute atomic E-state index is 13.0. The molecule has 0 saturated heterocycles. The van der Waals surface area contributed by atoms with E-state index in [0.717, 1.165) is 25.2 Å². The van der Waals surface area contributed by atoms with Gasteiger partial charge in [-0.15, -0.1) is 0 Å². The van der Waals surface area contributed by atoms with Crippen LogP contribution in [0.2, 0.25) is 0 Å². The summed E-state index contributed by atoms with van der Waals surface area (Å²) in [5, 5.41) is 13.0. The van der Waals surface area contributed by atoms with E-state index in [2.05, 4.69) is 24.1 Å². The molecule has 1 aliphatic heterocycles. The molecule has 154 valence electrons. The van der Waals surface area contributed by atoms with Crippen LogP contribution in [0.4, 0.5) is 0 Å². The largest absolute Gasteiger partial charge is 0.508 e. The lowest BCUT2D eigenvalue weighted by Gasteiger charge is -2.32. The average molecular weight is 396 g/mol. The fourth-order valence-corrected chi connectivity index (χ4v) is 3.67. The van der Waals surface area contributed by atoms with Crippen molar-refractivity contribution < 1.29 is 19.4 Å². The molecule has 0 spiro atoms. The second-order valence-electron chi connectivity index (χ2n) is 7.25. The minimum atomic E-state index is -0.483. The number of phenols is 1. The molecule has 0 fully saturated rings. The summed E-state index contributed by atoms with van der Waals surface area (Å²) in [6.07, 6.45) is -0.483. The van der Waals surface area contributed by atoms with E-state index in [1.165, 1.54) is 12.1 Å². The third-order valence-corrected chi connectivity index (χ3v) is 5.43. The normalized spacial score (nSPS) is 18.3. The van der Waals surface area contributed by atoms with Gasteiger partial charge in [0, 0.05) is 13.1 Å². The van der Waals surface area contributed by atoms with Gasteiger partial charge < -0.3 is 20.1 Å². The summed E-state index contributed by atoms with van der Waals surface area (Å²) >= 11 is 0. The summed E-state index contributed by atoms with van der Waals surface area (Å²) < 4.78 is 6.17. The van der Waals surface area contributed by atoms with Crippen molar-refractivity contribution in [2.24, 2.45) is 5.92 Å². The first-order chi connectivity index (χ1) is 14.0. The highest BCUT2D eigenvalue weighted by Crippen LogP contribution is 2.42. The van der Waals surface area contributed by atoms with Gasteiger partial charge in [0.2, 0.25) is 0 Å². The number of ketones is 1. The number of rotatable bonds is 7. The molecule has 0 bridgehead atoms. The number of amides is 1. The van der Waals surface area contributed by atoms with Crippen LogP contribution in [0.25, 0.3) is 0 Å². The molecule has 2 aromatic carbocycles. The molecule has 6 nitrogen and oxygen atoms in total. The highest BCUT2D eigenvalue weighted by atomic mass is 16.5. The molecule has 3 rings (SSSR count). The number of aromatic hydroxyl groups is 1. The van der Waals surface area contributed by atoms with Crippen molar-refractivity contribution >= 4 is 11.7 Å². The van der Waals surface area contributed by atoms with Crippen molar-refractivity contribution in [3.63, 3.8) is 0 Å². The maximum atomic E-state index is 13.0. The molecule has 0 aliphatic carbocycles. The van der Waals surface area contributed by atoms with E-state index in [0.29, 0.717) is 6.54 Å². The number of benzene rings is 2. The minimum absolute atomic E-state index is 0.125. The lowest BCUT2D eigenvalue weighted by Crippen LogP contribution is -2.36. The Bertz CT molecular complexity index is 878. The quantitative estimate of drug-likeness (QED) is 0.750. The number of hydrogen-bond donors (Lipinski definition) is 2. The zero-order valence-electron chi connectivity index (χ0n) is 17.1. The van der Waals surface area contributed by atoms with Gasteiger partial charge in [0.15, 0.2) is 5.78 Å². The van der Waals surface area contributed by atoms with Crippen LogP contribution in [0.3, 0.4) is 0 Å². The van der Waals surface area contributed by atoms with E-state index in [4.69, 9.17) is 4.74 Å². The van der Waals surface area contributed by atoms with Crippen LogP contribution in [0.1, 0.15) is 53.2 Å². The Labute approximate surface area is 171 Å². The first kappa shape index (κ1) is 20.9. The van der Waals surface area contributed by atoms with Gasteiger partial charge in [0.05, 0.1) is 17.0 Å². The number of fused-ring (bicyclic) bond motifs is 1. The maximum Gasteiger partial charge on any atom is 0.255 e. The molecule has 29 heavy (non-hydrogen) atoms. The Morgan fingerprint density at radius 3 is 2.52 bits per heavy atom. The summed E-state index contributed by atoms with van der Waals surface area (Å²) in [6.45, 7) is 8.95. The van der Waals surface area contributed by atoms with Crippen LogP contribution in [-0.2, 0) is 0 Å². The molecule has 1 heterocycles. The number of nitrogens with one attached hydrogen (secondary N) is 1. The van der Waals surface area contributed by atoms with Gasteiger partial charge in [-0.05, 0) is 30.8 Å². The van der Waals surface area contributed by atoms with E-state index in [1.807, 2.05) is 30.3 Å². The average Bonchev–Trinajstić information content (AvgIpc) is 2.74. The number of likely N-dealkylation sites (N-methyl/N-ethyl adjacent to an activating group) is 1. The van der Waals surface area contributed by atoms with Crippen LogP contribution in [0.5, 0.6) is 11.5 Å². The Morgan fingerprint density at radius 2 is 1.86 bits per heavy atom. The smallest absolute Gasteiger partial charge is 0.255 e. The molecule has 2 N–H and O–H groups in total. The van der Waals surface area contributed by atoms with E-state index in [-0.39, 0.29) is 34.3 Å². The van der Waals surface area contributed by atoms with Gasteiger partial charge in [-0.25, -0.2) is 0 Å². The molecule has 0 aromatic heterocycles. The van der Waals surface area contributed by atoms with Crippen molar-refractivity contribution in [1.82, 2.24) is 10.2 Å². The van der Waals surface area contributed by atoms with Crippen LogP contribution in [0.15, 0.2) is 42.5 Å².